The van der Waals surface area contributed by atoms with Gasteiger partial charge in [0, 0.05) is 50.0 Å². The maximum atomic E-state index is 13.3. The van der Waals surface area contributed by atoms with Crippen LogP contribution in [0.3, 0.4) is 0 Å². The molecule has 0 saturated carbocycles. The van der Waals surface area contributed by atoms with Gasteiger partial charge in [-0.05, 0) is 68.5 Å². The van der Waals surface area contributed by atoms with Crippen LogP contribution in [0.25, 0.3) is 10.2 Å². The molecule has 1 atom stereocenters. The number of aromatic nitrogens is 1. The lowest BCUT2D eigenvalue weighted by Gasteiger charge is -2.41. The van der Waals surface area contributed by atoms with Gasteiger partial charge in [-0.15, -0.1) is 0 Å². The van der Waals surface area contributed by atoms with Gasteiger partial charge in [0.2, 0.25) is 0 Å². The number of carbonyl (C=O) groups is 1. The second-order valence-electron chi connectivity index (χ2n) is 9.48. The summed E-state index contributed by atoms with van der Waals surface area (Å²) < 4.78 is 1.11. The van der Waals surface area contributed by atoms with Crippen molar-refractivity contribution in [1.82, 2.24) is 9.88 Å². The third-order valence-electron chi connectivity index (χ3n) is 6.93. The van der Waals surface area contributed by atoms with Crippen molar-refractivity contribution in [3.63, 3.8) is 0 Å². The number of amides is 1. The Morgan fingerprint density at radius 2 is 1.84 bits per heavy atom. The fourth-order valence-electron chi connectivity index (χ4n) is 4.90. The van der Waals surface area contributed by atoms with Crippen LogP contribution in [-0.4, -0.2) is 54.6 Å². The molecule has 0 bridgehead atoms. The van der Waals surface area contributed by atoms with E-state index in [-0.39, 0.29) is 11.9 Å². The van der Waals surface area contributed by atoms with Crippen molar-refractivity contribution in [3.05, 3.63) is 53.6 Å². The summed E-state index contributed by atoms with van der Waals surface area (Å²) in [6, 6.07) is 14.9. The molecule has 1 aromatic heterocycles. The smallest absolute Gasteiger partial charge is 0.254 e. The minimum Gasteiger partial charge on any atom is -0.365 e. The van der Waals surface area contributed by atoms with Crippen LogP contribution in [0.4, 0.5) is 10.8 Å². The lowest BCUT2D eigenvalue weighted by molar-refractivity contribution is 0.0726. The Morgan fingerprint density at radius 3 is 2.59 bits per heavy atom. The minimum atomic E-state index is 0.129. The van der Waals surface area contributed by atoms with E-state index in [2.05, 4.69) is 54.8 Å². The average molecular weight is 449 g/mol. The van der Waals surface area contributed by atoms with Crippen LogP contribution in [0.5, 0.6) is 0 Å². The van der Waals surface area contributed by atoms with E-state index in [1.165, 1.54) is 24.1 Å². The Labute approximate surface area is 194 Å². The number of rotatable bonds is 3. The molecule has 0 radical (unpaired) electrons. The molecule has 3 heterocycles. The SMILES string of the molecule is Cc1cccc(N2CCN(C(=O)c3ccc4nc(N5CCC(C)CC5)sc4c3)C[C@H]2C)c1. The third-order valence-corrected chi connectivity index (χ3v) is 8.01. The molecular weight excluding hydrogens is 416 g/mol. The predicted octanol–water partition coefficient (Wildman–Crippen LogP) is 5.19. The van der Waals surface area contributed by atoms with Crippen LogP contribution in [0.15, 0.2) is 42.5 Å². The Kier molecular flexibility index (Phi) is 5.80. The largest absolute Gasteiger partial charge is 0.365 e. The molecule has 32 heavy (non-hydrogen) atoms. The molecule has 5 nitrogen and oxygen atoms in total. The van der Waals surface area contributed by atoms with Gasteiger partial charge in [-0.2, -0.15) is 0 Å². The first kappa shape index (κ1) is 21.3. The van der Waals surface area contributed by atoms with E-state index in [0.29, 0.717) is 0 Å². The normalized spacial score (nSPS) is 20.2. The molecule has 0 N–H and O–H groups in total. The zero-order valence-corrected chi connectivity index (χ0v) is 20.1. The summed E-state index contributed by atoms with van der Waals surface area (Å²) in [6.07, 6.45) is 2.46. The summed E-state index contributed by atoms with van der Waals surface area (Å²) in [7, 11) is 0. The molecule has 2 fully saturated rings. The number of hydrogen-bond acceptors (Lipinski definition) is 5. The van der Waals surface area contributed by atoms with E-state index in [1.807, 2.05) is 23.1 Å². The highest BCUT2D eigenvalue weighted by Crippen LogP contribution is 2.32. The Bertz CT molecular complexity index is 1120. The minimum absolute atomic E-state index is 0.129. The number of fused-ring (bicyclic) bond motifs is 1. The maximum absolute atomic E-state index is 13.3. The van der Waals surface area contributed by atoms with E-state index >= 15 is 0 Å². The quantitative estimate of drug-likeness (QED) is 0.553. The summed E-state index contributed by atoms with van der Waals surface area (Å²) in [5.41, 5.74) is 4.29. The fourth-order valence-corrected chi connectivity index (χ4v) is 5.95. The molecule has 5 rings (SSSR count). The summed E-state index contributed by atoms with van der Waals surface area (Å²) in [5.74, 6) is 0.933. The molecule has 0 unspecified atom stereocenters. The Hall–Kier alpha value is -2.60. The second-order valence-corrected chi connectivity index (χ2v) is 10.5. The van der Waals surface area contributed by atoms with Crippen LogP contribution in [0.2, 0.25) is 0 Å². The molecule has 2 aliphatic rings. The van der Waals surface area contributed by atoms with Gasteiger partial charge < -0.3 is 14.7 Å². The number of hydrogen-bond donors (Lipinski definition) is 0. The van der Waals surface area contributed by atoms with Crippen LogP contribution in [-0.2, 0) is 0 Å². The highest BCUT2D eigenvalue weighted by molar-refractivity contribution is 7.22. The molecule has 6 heteroatoms. The Balaban J connectivity index is 1.29. The van der Waals surface area contributed by atoms with Crippen molar-refractivity contribution in [3.8, 4) is 0 Å². The monoisotopic (exact) mass is 448 g/mol. The molecule has 2 aromatic carbocycles. The summed E-state index contributed by atoms with van der Waals surface area (Å²) >= 11 is 1.72. The molecule has 2 saturated heterocycles. The van der Waals surface area contributed by atoms with Crippen LogP contribution in [0.1, 0.15) is 42.6 Å². The molecule has 0 aliphatic carbocycles. The van der Waals surface area contributed by atoms with E-state index in [9.17, 15) is 4.79 Å². The lowest BCUT2D eigenvalue weighted by Crippen LogP contribution is -2.53. The van der Waals surface area contributed by atoms with Gasteiger partial charge in [-0.3, -0.25) is 4.79 Å². The van der Waals surface area contributed by atoms with E-state index in [0.717, 1.165) is 59.6 Å². The fraction of sp³-hybridized carbons (Fsp3) is 0.462. The molecular formula is C26H32N4OS. The highest BCUT2D eigenvalue weighted by atomic mass is 32.1. The summed E-state index contributed by atoms with van der Waals surface area (Å²) in [4.78, 5) is 25.0. The highest BCUT2D eigenvalue weighted by Gasteiger charge is 2.28. The van der Waals surface area contributed by atoms with Crippen LogP contribution >= 0.6 is 11.3 Å². The van der Waals surface area contributed by atoms with Crippen LogP contribution < -0.4 is 9.80 Å². The number of carbonyl (C=O) groups excluding carboxylic acids is 1. The van der Waals surface area contributed by atoms with Crippen molar-refractivity contribution in [1.29, 1.82) is 0 Å². The van der Waals surface area contributed by atoms with E-state index < -0.39 is 0 Å². The van der Waals surface area contributed by atoms with Crippen molar-refractivity contribution in [2.75, 3.05) is 42.5 Å². The number of benzene rings is 2. The van der Waals surface area contributed by atoms with Gasteiger partial charge in [-0.25, -0.2) is 4.98 Å². The topological polar surface area (TPSA) is 39.7 Å². The van der Waals surface area contributed by atoms with Gasteiger partial charge in [0.25, 0.3) is 5.91 Å². The van der Waals surface area contributed by atoms with Crippen molar-refractivity contribution >= 4 is 38.3 Å². The van der Waals surface area contributed by atoms with E-state index in [1.54, 1.807) is 11.3 Å². The second kappa shape index (κ2) is 8.74. The standard InChI is InChI=1S/C26H32N4OS/c1-18-9-11-28(12-10-18)26-27-23-8-7-21(16-24(23)32-26)25(31)29-13-14-30(20(3)17-29)22-6-4-5-19(2)15-22/h4-8,15-16,18,20H,9-14,17H2,1-3H3/t20-/m1/s1. The molecule has 3 aromatic rings. The number of nitrogens with zero attached hydrogens (tertiary/aromatic N) is 4. The van der Waals surface area contributed by atoms with Gasteiger partial charge in [0.05, 0.1) is 10.2 Å². The van der Waals surface area contributed by atoms with Gasteiger partial charge in [0.15, 0.2) is 5.13 Å². The first-order valence-electron chi connectivity index (χ1n) is 11.8. The maximum Gasteiger partial charge on any atom is 0.254 e. The van der Waals surface area contributed by atoms with E-state index in [4.69, 9.17) is 4.98 Å². The van der Waals surface area contributed by atoms with Crippen molar-refractivity contribution in [2.24, 2.45) is 5.92 Å². The third kappa shape index (κ3) is 4.20. The van der Waals surface area contributed by atoms with Crippen LogP contribution in [0, 0.1) is 12.8 Å². The number of anilines is 2. The molecule has 2 aliphatic heterocycles. The molecule has 0 spiro atoms. The zero-order chi connectivity index (χ0) is 22.2. The predicted molar refractivity (Wildman–Crippen MR) is 134 cm³/mol. The van der Waals surface area contributed by atoms with Gasteiger partial charge in [-0.1, -0.05) is 30.4 Å². The first-order valence-corrected chi connectivity index (χ1v) is 12.6. The molecule has 1 amide bonds. The number of piperazine rings is 1. The summed E-state index contributed by atoms with van der Waals surface area (Å²) in [6.45, 7) is 11.2. The summed E-state index contributed by atoms with van der Waals surface area (Å²) in [5, 5.41) is 1.09. The number of piperidine rings is 1. The average Bonchev–Trinajstić information content (AvgIpc) is 3.22. The zero-order valence-electron chi connectivity index (χ0n) is 19.3. The molecule has 168 valence electrons. The van der Waals surface area contributed by atoms with Gasteiger partial charge in [0.1, 0.15) is 0 Å². The lowest BCUT2D eigenvalue weighted by atomic mass is 10.00. The number of thiazole rings is 1. The van der Waals surface area contributed by atoms with Crippen molar-refractivity contribution < 1.29 is 4.79 Å². The van der Waals surface area contributed by atoms with Gasteiger partial charge >= 0.3 is 0 Å². The number of aryl methyl sites for hydroxylation is 1. The first-order chi connectivity index (χ1) is 15.5. The van der Waals surface area contributed by atoms with Crippen molar-refractivity contribution in [2.45, 2.75) is 39.7 Å². The Morgan fingerprint density at radius 1 is 1.03 bits per heavy atom.